The highest BCUT2D eigenvalue weighted by Gasteiger charge is 2.28. The molecule has 1 aromatic carbocycles. The van der Waals surface area contributed by atoms with Crippen LogP contribution in [0.2, 0.25) is 0 Å². The average Bonchev–Trinajstić information content (AvgIpc) is 3.30. The molecule has 3 aromatic rings. The van der Waals surface area contributed by atoms with E-state index in [1.807, 2.05) is 6.07 Å². The molecule has 8 nitrogen and oxygen atoms in total. The van der Waals surface area contributed by atoms with Crippen LogP contribution in [0, 0.1) is 16.7 Å². The van der Waals surface area contributed by atoms with Gasteiger partial charge in [0.25, 0.3) is 5.56 Å². The molecular formula is C23H22N4O4S. The van der Waals surface area contributed by atoms with Gasteiger partial charge in [0.1, 0.15) is 29.5 Å². The van der Waals surface area contributed by atoms with Gasteiger partial charge in [-0.15, -0.1) is 11.3 Å². The fourth-order valence-corrected chi connectivity index (χ4v) is 4.39. The monoisotopic (exact) mass is 450 g/mol. The number of hydrogen-bond acceptors (Lipinski definition) is 7. The molecule has 164 valence electrons. The minimum absolute atomic E-state index is 0.0553. The van der Waals surface area contributed by atoms with Crippen LogP contribution >= 0.6 is 11.3 Å². The van der Waals surface area contributed by atoms with Crippen LogP contribution in [-0.2, 0) is 11.8 Å². The van der Waals surface area contributed by atoms with Gasteiger partial charge in [-0.2, -0.15) is 10.4 Å². The van der Waals surface area contributed by atoms with Gasteiger partial charge in [-0.05, 0) is 18.2 Å². The van der Waals surface area contributed by atoms with Crippen LogP contribution < -0.4 is 24.2 Å². The lowest BCUT2D eigenvalue weighted by atomic mass is 9.87. The second-order valence-corrected chi connectivity index (χ2v) is 9.43. The van der Waals surface area contributed by atoms with E-state index in [1.165, 1.54) is 4.57 Å². The minimum atomic E-state index is -0.782. The molecule has 32 heavy (non-hydrogen) atoms. The fraction of sp³-hybridized carbons (Fsp3) is 0.304. The minimum Gasteiger partial charge on any atom is -0.486 e. The standard InChI is InChI=1S/C23H22N4O4S/c1-23(2,3)20(28)16(11-24)22-27(15-5-6-17-18(10-15)31-8-7-30-17)21(29)19(32-22)9-14-12-25-26(4)13-14/h5-6,9-10,12-13H,7-8H2,1-4H3/b19-9-,22-16-. The molecule has 1 aliphatic heterocycles. The number of ether oxygens (including phenoxy) is 2. The molecule has 1 aliphatic rings. The third kappa shape index (κ3) is 3.97. The van der Waals surface area contributed by atoms with Crippen LogP contribution in [0.4, 0.5) is 0 Å². The smallest absolute Gasteiger partial charge is 0.273 e. The van der Waals surface area contributed by atoms with Gasteiger partial charge in [-0.3, -0.25) is 18.8 Å². The molecule has 3 heterocycles. The molecule has 0 saturated carbocycles. The number of nitriles is 1. The van der Waals surface area contributed by atoms with E-state index in [0.29, 0.717) is 34.9 Å². The number of carbonyl (C=O) groups excluding carboxylic acids is 1. The van der Waals surface area contributed by atoms with Crippen molar-refractivity contribution in [1.29, 1.82) is 5.26 Å². The molecule has 0 amide bonds. The highest BCUT2D eigenvalue weighted by atomic mass is 32.1. The lowest BCUT2D eigenvalue weighted by Crippen LogP contribution is -2.33. The highest BCUT2D eigenvalue weighted by Crippen LogP contribution is 2.31. The molecule has 0 fully saturated rings. The summed E-state index contributed by atoms with van der Waals surface area (Å²) >= 11 is 1.11. The third-order valence-corrected chi connectivity index (χ3v) is 5.96. The Balaban J connectivity index is 2.05. The number of benzene rings is 1. The first-order valence-electron chi connectivity index (χ1n) is 10.0. The van der Waals surface area contributed by atoms with E-state index in [4.69, 9.17) is 9.47 Å². The molecule has 0 radical (unpaired) electrons. The van der Waals surface area contributed by atoms with E-state index >= 15 is 0 Å². The van der Waals surface area contributed by atoms with Gasteiger partial charge < -0.3 is 9.47 Å². The van der Waals surface area contributed by atoms with E-state index in [-0.39, 0.29) is 21.6 Å². The zero-order chi connectivity index (χ0) is 23.0. The predicted octanol–water partition coefficient (Wildman–Crippen LogP) is 1.52. The summed E-state index contributed by atoms with van der Waals surface area (Å²) in [7, 11) is 1.79. The molecule has 0 atom stereocenters. The maximum absolute atomic E-state index is 13.5. The lowest BCUT2D eigenvalue weighted by Gasteiger charge is -2.19. The molecule has 0 spiro atoms. The van der Waals surface area contributed by atoms with Gasteiger partial charge in [0.15, 0.2) is 17.3 Å². The van der Waals surface area contributed by atoms with E-state index in [2.05, 4.69) is 5.10 Å². The van der Waals surface area contributed by atoms with Crippen molar-refractivity contribution in [3.63, 3.8) is 0 Å². The lowest BCUT2D eigenvalue weighted by molar-refractivity contribution is -0.120. The van der Waals surface area contributed by atoms with Crippen LogP contribution in [-0.4, -0.2) is 33.3 Å². The number of aryl methyl sites for hydroxylation is 1. The molecule has 0 bridgehead atoms. The zero-order valence-electron chi connectivity index (χ0n) is 18.2. The van der Waals surface area contributed by atoms with Crippen molar-refractivity contribution in [2.75, 3.05) is 13.2 Å². The van der Waals surface area contributed by atoms with Gasteiger partial charge >= 0.3 is 0 Å². The Kier molecular flexibility index (Phi) is 5.48. The number of Topliss-reactive ketones (excluding diaryl/α,β-unsaturated/α-hetero) is 1. The third-order valence-electron chi connectivity index (χ3n) is 4.86. The van der Waals surface area contributed by atoms with Crippen LogP contribution in [0.15, 0.2) is 35.4 Å². The SMILES string of the molecule is Cn1cc(/C=c2\s/c(=C(/C#N)C(=O)C(C)(C)C)n(-c3ccc4c(c3)OCCO4)c2=O)cn1. The largest absolute Gasteiger partial charge is 0.486 e. The van der Waals surface area contributed by atoms with Crippen molar-refractivity contribution in [2.45, 2.75) is 20.8 Å². The number of rotatable bonds is 3. The summed E-state index contributed by atoms with van der Waals surface area (Å²) in [5, 5.41) is 14.0. The molecule has 4 rings (SSSR count). The Bertz CT molecular complexity index is 1430. The van der Waals surface area contributed by atoms with Gasteiger partial charge in [0.2, 0.25) is 0 Å². The predicted molar refractivity (Wildman–Crippen MR) is 120 cm³/mol. The van der Waals surface area contributed by atoms with Crippen molar-refractivity contribution in [3.8, 4) is 23.3 Å². The van der Waals surface area contributed by atoms with Crippen molar-refractivity contribution in [3.05, 3.63) is 55.7 Å². The Hall–Kier alpha value is -3.64. The first-order valence-corrected chi connectivity index (χ1v) is 10.8. The van der Waals surface area contributed by atoms with Crippen LogP contribution in [0.1, 0.15) is 26.3 Å². The van der Waals surface area contributed by atoms with E-state index in [1.54, 1.807) is 69.2 Å². The Labute approximate surface area is 188 Å². The second kappa shape index (κ2) is 8.13. The molecule has 0 aliphatic carbocycles. The number of thiazole rings is 1. The Morgan fingerprint density at radius 2 is 1.97 bits per heavy atom. The number of carbonyl (C=O) groups is 1. The molecule has 2 aromatic heterocycles. The van der Waals surface area contributed by atoms with Gasteiger partial charge in [-0.1, -0.05) is 20.8 Å². The van der Waals surface area contributed by atoms with Crippen LogP contribution in [0.5, 0.6) is 11.5 Å². The molecule has 0 saturated heterocycles. The van der Waals surface area contributed by atoms with Gasteiger partial charge in [0.05, 0.1) is 16.4 Å². The van der Waals surface area contributed by atoms with Crippen molar-refractivity contribution in [2.24, 2.45) is 12.5 Å². The zero-order valence-corrected chi connectivity index (χ0v) is 19.0. The summed E-state index contributed by atoms with van der Waals surface area (Å²) in [6.07, 6.45) is 5.12. The fourth-order valence-electron chi connectivity index (χ4n) is 3.29. The maximum atomic E-state index is 13.5. The first kappa shape index (κ1) is 21.6. The summed E-state index contributed by atoms with van der Waals surface area (Å²) in [4.78, 5) is 26.5. The van der Waals surface area contributed by atoms with Crippen molar-refractivity contribution < 1.29 is 14.3 Å². The molecule has 9 heteroatoms. The Morgan fingerprint density at radius 3 is 2.59 bits per heavy atom. The first-order chi connectivity index (χ1) is 15.2. The summed E-state index contributed by atoms with van der Waals surface area (Å²) in [6.45, 7) is 6.09. The van der Waals surface area contributed by atoms with E-state index < -0.39 is 5.41 Å². The number of fused-ring (bicyclic) bond motifs is 1. The number of hydrogen-bond donors (Lipinski definition) is 0. The van der Waals surface area contributed by atoms with Crippen LogP contribution in [0.3, 0.4) is 0 Å². The second-order valence-electron chi connectivity index (χ2n) is 8.40. The van der Waals surface area contributed by atoms with Gasteiger partial charge in [0, 0.05) is 30.3 Å². The average molecular weight is 451 g/mol. The topological polar surface area (TPSA) is 99.1 Å². The summed E-state index contributed by atoms with van der Waals surface area (Å²) in [5.74, 6) is 0.763. The maximum Gasteiger partial charge on any atom is 0.273 e. The van der Waals surface area contributed by atoms with Crippen molar-refractivity contribution in [1.82, 2.24) is 14.3 Å². The number of nitrogens with zero attached hydrogens (tertiary/aromatic N) is 4. The quantitative estimate of drug-likeness (QED) is 0.600. The molecule has 0 N–H and O–H groups in total. The normalized spacial score (nSPS) is 14.8. The van der Waals surface area contributed by atoms with E-state index in [9.17, 15) is 14.9 Å². The molecule has 0 unspecified atom stereocenters. The summed E-state index contributed by atoms with van der Waals surface area (Å²) < 4.78 is 14.9. The van der Waals surface area contributed by atoms with E-state index in [0.717, 1.165) is 16.9 Å². The molecular weight excluding hydrogens is 428 g/mol. The van der Waals surface area contributed by atoms with Crippen LogP contribution in [0.25, 0.3) is 17.3 Å². The Morgan fingerprint density at radius 1 is 1.25 bits per heavy atom. The highest BCUT2D eigenvalue weighted by molar-refractivity contribution is 7.07. The number of ketones is 1. The number of aromatic nitrogens is 3. The van der Waals surface area contributed by atoms with Crippen molar-refractivity contribution >= 4 is 28.8 Å². The summed E-state index contributed by atoms with van der Waals surface area (Å²) in [6, 6.07) is 7.17. The summed E-state index contributed by atoms with van der Waals surface area (Å²) in [5.41, 5.74) is 0.0640. The van der Waals surface area contributed by atoms with Gasteiger partial charge in [-0.25, -0.2) is 0 Å².